The predicted molar refractivity (Wildman–Crippen MR) is 165 cm³/mol. The van der Waals surface area contributed by atoms with E-state index in [0.29, 0.717) is 44.6 Å². The van der Waals surface area contributed by atoms with Crippen LogP contribution in [0.2, 0.25) is 5.02 Å². The molecule has 0 aliphatic carbocycles. The van der Waals surface area contributed by atoms with Crippen LogP contribution in [0, 0.1) is 6.92 Å². The van der Waals surface area contributed by atoms with E-state index in [1.807, 2.05) is 48.5 Å². The van der Waals surface area contributed by atoms with Crippen molar-refractivity contribution in [1.82, 2.24) is 9.97 Å². The molecule has 1 amide bonds. The first-order chi connectivity index (χ1) is 20.8. The third-order valence-corrected chi connectivity index (χ3v) is 7.12. The van der Waals surface area contributed by atoms with Gasteiger partial charge in [-0.15, -0.1) is 0 Å². The Bertz CT molecular complexity index is 1810. The number of ether oxygens (including phenoxy) is 4. The van der Waals surface area contributed by atoms with E-state index in [1.54, 1.807) is 51.5 Å². The van der Waals surface area contributed by atoms with Crippen molar-refractivity contribution < 1.29 is 28.5 Å². The fourth-order valence-corrected chi connectivity index (χ4v) is 4.57. The minimum absolute atomic E-state index is 0.229. The lowest BCUT2D eigenvalue weighted by atomic mass is 10.0. The van der Waals surface area contributed by atoms with Crippen LogP contribution in [0.5, 0.6) is 17.2 Å². The summed E-state index contributed by atoms with van der Waals surface area (Å²) in [6.45, 7) is 1.31. The van der Waals surface area contributed by atoms with Gasteiger partial charge in [0.2, 0.25) is 0 Å². The van der Waals surface area contributed by atoms with Crippen LogP contribution < -0.4 is 19.5 Å². The molecule has 1 heterocycles. The van der Waals surface area contributed by atoms with Crippen molar-refractivity contribution in [3.05, 3.63) is 95.0 Å². The number of anilines is 1. The Morgan fingerprint density at radius 3 is 1.88 bits per heavy atom. The van der Waals surface area contributed by atoms with Crippen LogP contribution in [0.4, 0.5) is 5.69 Å². The summed E-state index contributed by atoms with van der Waals surface area (Å²) in [7, 11) is 4.69. The van der Waals surface area contributed by atoms with E-state index in [-0.39, 0.29) is 5.56 Å². The quantitative estimate of drug-likeness (QED) is 0.186. The zero-order valence-corrected chi connectivity index (χ0v) is 24.7. The molecule has 0 fully saturated rings. The molecule has 0 bridgehead atoms. The molecule has 5 aromatic rings. The molecule has 0 atom stereocenters. The summed E-state index contributed by atoms with van der Waals surface area (Å²) in [6.07, 6.45) is 0. The van der Waals surface area contributed by atoms with Gasteiger partial charge in [-0.05, 0) is 85.3 Å². The Balaban J connectivity index is 1.41. The maximum atomic E-state index is 12.9. The highest BCUT2D eigenvalue weighted by Gasteiger charge is 2.17. The minimum Gasteiger partial charge on any atom is -0.497 e. The van der Waals surface area contributed by atoms with E-state index < -0.39 is 18.5 Å². The van der Waals surface area contributed by atoms with Gasteiger partial charge in [0.15, 0.2) is 6.61 Å². The average Bonchev–Trinajstić information content (AvgIpc) is 3.04. The molecule has 43 heavy (non-hydrogen) atoms. The zero-order valence-electron chi connectivity index (χ0n) is 23.9. The molecule has 0 saturated heterocycles. The second-order valence-electron chi connectivity index (χ2n) is 9.51. The van der Waals surface area contributed by atoms with Gasteiger partial charge < -0.3 is 24.3 Å². The second-order valence-corrected chi connectivity index (χ2v) is 9.91. The smallest absolute Gasteiger partial charge is 0.338 e. The molecule has 0 unspecified atom stereocenters. The summed E-state index contributed by atoms with van der Waals surface area (Å²) in [5.41, 5.74) is 5.44. The molecular formula is C33H28ClN3O6. The van der Waals surface area contributed by atoms with Gasteiger partial charge in [0.1, 0.15) is 17.2 Å². The number of methoxy groups -OCH3 is 3. The van der Waals surface area contributed by atoms with Gasteiger partial charge >= 0.3 is 5.97 Å². The SMILES string of the molecule is COc1ccc(-c2nc3ccc(C(=O)OCC(=O)Nc4cc(C)c(Cl)cc4OC)cc3nc2-c2ccc(OC)cc2)cc1. The van der Waals surface area contributed by atoms with Crippen molar-refractivity contribution >= 4 is 40.2 Å². The van der Waals surface area contributed by atoms with Crippen LogP contribution in [-0.2, 0) is 9.53 Å². The summed E-state index contributed by atoms with van der Waals surface area (Å²) < 4.78 is 21.2. The number of halogens is 1. The Morgan fingerprint density at radius 1 is 0.744 bits per heavy atom. The summed E-state index contributed by atoms with van der Waals surface area (Å²) in [6, 6.07) is 23.2. The number of carbonyl (C=O) groups excluding carboxylic acids is 2. The van der Waals surface area contributed by atoms with Crippen LogP contribution in [0.15, 0.2) is 78.9 Å². The second kappa shape index (κ2) is 12.8. The number of aryl methyl sites for hydroxylation is 1. The lowest BCUT2D eigenvalue weighted by Gasteiger charge is -2.13. The van der Waals surface area contributed by atoms with Crippen molar-refractivity contribution in [2.45, 2.75) is 6.92 Å². The highest BCUT2D eigenvalue weighted by atomic mass is 35.5. The molecule has 218 valence electrons. The molecule has 0 saturated carbocycles. The van der Waals surface area contributed by atoms with Gasteiger partial charge in [-0.1, -0.05) is 11.6 Å². The number of fused-ring (bicyclic) bond motifs is 1. The fourth-order valence-electron chi connectivity index (χ4n) is 4.41. The van der Waals surface area contributed by atoms with Gasteiger partial charge in [-0.25, -0.2) is 14.8 Å². The van der Waals surface area contributed by atoms with Crippen molar-refractivity contribution in [3.8, 4) is 39.8 Å². The average molecular weight is 598 g/mol. The van der Waals surface area contributed by atoms with Crippen molar-refractivity contribution in [1.29, 1.82) is 0 Å². The maximum absolute atomic E-state index is 12.9. The largest absolute Gasteiger partial charge is 0.497 e. The number of amides is 1. The Morgan fingerprint density at radius 2 is 1.33 bits per heavy atom. The number of hydrogen-bond donors (Lipinski definition) is 1. The molecule has 1 N–H and O–H groups in total. The zero-order chi connectivity index (χ0) is 30.5. The van der Waals surface area contributed by atoms with E-state index >= 15 is 0 Å². The van der Waals surface area contributed by atoms with Crippen molar-refractivity contribution in [2.24, 2.45) is 0 Å². The lowest BCUT2D eigenvalue weighted by molar-refractivity contribution is -0.119. The number of rotatable bonds is 9. The number of hydrogen-bond acceptors (Lipinski definition) is 8. The summed E-state index contributed by atoms with van der Waals surface area (Å²) >= 11 is 6.14. The predicted octanol–water partition coefficient (Wildman–Crippen LogP) is 6.75. The topological polar surface area (TPSA) is 109 Å². The molecule has 0 aliphatic rings. The first-order valence-electron chi connectivity index (χ1n) is 13.2. The highest BCUT2D eigenvalue weighted by Crippen LogP contribution is 2.33. The van der Waals surface area contributed by atoms with E-state index in [9.17, 15) is 9.59 Å². The molecule has 10 heteroatoms. The Kier molecular flexibility index (Phi) is 8.73. The highest BCUT2D eigenvalue weighted by molar-refractivity contribution is 6.31. The third kappa shape index (κ3) is 6.52. The first-order valence-corrected chi connectivity index (χ1v) is 13.6. The summed E-state index contributed by atoms with van der Waals surface area (Å²) in [5.74, 6) is 0.623. The number of nitrogens with one attached hydrogen (secondary N) is 1. The van der Waals surface area contributed by atoms with Gasteiger partial charge in [-0.3, -0.25) is 4.79 Å². The number of benzene rings is 4. The maximum Gasteiger partial charge on any atom is 0.338 e. The van der Waals surface area contributed by atoms with Crippen LogP contribution in [0.25, 0.3) is 33.5 Å². The molecule has 0 spiro atoms. The van der Waals surface area contributed by atoms with E-state index in [2.05, 4.69) is 5.32 Å². The minimum atomic E-state index is -0.677. The number of carbonyl (C=O) groups is 2. The lowest BCUT2D eigenvalue weighted by Crippen LogP contribution is -2.21. The molecule has 1 aromatic heterocycles. The monoisotopic (exact) mass is 597 g/mol. The van der Waals surface area contributed by atoms with E-state index in [4.69, 9.17) is 40.5 Å². The van der Waals surface area contributed by atoms with Gasteiger partial charge in [-0.2, -0.15) is 0 Å². The Hall–Kier alpha value is -5.15. The third-order valence-electron chi connectivity index (χ3n) is 6.72. The van der Waals surface area contributed by atoms with Crippen molar-refractivity contribution in [3.63, 3.8) is 0 Å². The fraction of sp³-hybridized carbons (Fsp3) is 0.152. The van der Waals surface area contributed by atoms with Crippen LogP contribution in [0.1, 0.15) is 15.9 Å². The van der Waals surface area contributed by atoms with Crippen LogP contribution in [0.3, 0.4) is 0 Å². The normalized spacial score (nSPS) is 10.7. The van der Waals surface area contributed by atoms with E-state index in [0.717, 1.165) is 22.4 Å². The summed E-state index contributed by atoms with van der Waals surface area (Å²) in [5, 5.41) is 3.20. The molecule has 9 nitrogen and oxygen atoms in total. The Labute approximate surface area is 253 Å². The van der Waals surface area contributed by atoms with Crippen molar-refractivity contribution in [2.75, 3.05) is 33.3 Å². The standard InChI is InChI=1S/C33H28ClN3O6/c1-19-15-28(29(42-4)17-25(19)34)35-30(38)18-43-33(39)22-9-14-26-27(16-22)37-32(21-7-12-24(41-3)13-8-21)31(36-26)20-5-10-23(40-2)11-6-20/h5-17H,18H2,1-4H3,(H,35,38). The molecule has 5 rings (SSSR count). The van der Waals surface area contributed by atoms with Crippen LogP contribution in [-0.4, -0.2) is 49.8 Å². The molecule has 0 aliphatic heterocycles. The van der Waals surface area contributed by atoms with Crippen LogP contribution >= 0.6 is 11.6 Å². The molecule has 0 radical (unpaired) electrons. The first kappa shape index (κ1) is 29.3. The number of aromatic nitrogens is 2. The molecule has 4 aromatic carbocycles. The summed E-state index contributed by atoms with van der Waals surface area (Å²) in [4.78, 5) is 35.3. The van der Waals surface area contributed by atoms with E-state index in [1.165, 1.54) is 7.11 Å². The van der Waals surface area contributed by atoms with Gasteiger partial charge in [0.05, 0.1) is 55.0 Å². The molecular weight excluding hydrogens is 570 g/mol. The number of esters is 1. The van der Waals surface area contributed by atoms with Gasteiger partial charge in [0.25, 0.3) is 5.91 Å². The van der Waals surface area contributed by atoms with Gasteiger partial charge in [0, 0.05) is 22.2 Å². The number of nitrogens with zero attached hydrogens (tertiary/aromatic N) is 2.